The van der Waals surface area contributed by atoms with Crippen LogP contribution in [0.3, 0.4) is 0 Å². The first kappa shape index (κ1) is 26.1. The maximum atomic E-state index is 13.1. The van der Waals surface area contributed by atoms with E-state index in [2.05, 4.69) is 5.32 Å². The molecule has 0 radical (unpaired) electrons. The third-order valence-corrected chi connectivity index (χ3v) is 7.78. The van der Waals surface area contributed by atoms with Crippen molar-refractivity contribution in [3.63, 3.8) is 0 Å². The lowest BCUT2D eigenvalue weighted by Gasteiger charge is -2.12. The first-order valence-electron chi connectivity index (χ1n) is 12.0. The van der Waals surface area contributed by atoms with Gasteiger partial charge in [-0.2, -0.15) is 0 Å². The van der Waals surface area contributed by atoms with Gasteiger partial charge in [0, 0.05) is 44.9 Å². The van der Waals surface area contributed by atoms with E-state index in [1.165, 1.54) is 0 Å². The van der Waals surface area contributed by atoms with Crippen molar-refractivity contribution in [2.75, 3.05) is 11.9 Å². The SMILES string of the molecule is CCc1ccc(NC(=O)CN2C(=O)S/C(=C/c3cn(Cc4ccc(Cl)cc4Cl)c4ccccc34)C2=O)cc1. The van der Waals surface area contributed by atoms with E-state index < -0.39 is 17.1 Å². The standard InChI is InChI=1S/C29H23Cl2N3O3S/c1-2-18-7-11-22(12-8-18)32-27(35)17-34-28(36)26(38-29(34)37)13-20-16-33(25-6-4-3-5-23(20)25)15-19-9-10-21(30)14-24(19)31/h3-14,16H,2,15,17H2,1H3,(H,32,35)/b26-13+. The minimum atomic E-state index is -0.492. The van der Waals surface area contributed by atoms with Crippen molar-refractivity contribution in [1.29, 1.82) is 0 Å². The van der Waals surface area contributed by atoms with Crippen molar-refractivity contribution >= 4 is 74.7 Å². The monoisotopic (exact) mass is 563 g/mol. The predicted octanol–water partition coefficient (Wildman–Crippen LogP) is 7.23. The summed E-state index contributed by atoms with van der Waals surface area (Å²) in [5, 5.41) is 4.33. The Kier molecular flexibility index (Phi) is 7.61. The Balaban J connectivity index is 1.36. The molecule has 0 unspecified atom stereocenters. The van der Waals surface area contributed by atoms with Crippen molar-refractivity contribution in [3.8, 4) is 0 Å². The molecule has 1 aromatic heterocycles. The van der Waals surface area contributed by atoms with Crippen LogP contribution < -0.4 is 5.32 Å². The highest BCUT2D eigenvalue weighted by Crippen LogP contribution is 2.34. The molecule has 1 saturated heterocycles. The molecule has 38 heavy (non-hydrogen) atoms. The van der Waals surface area contributed by atoms with Crippen molar-refractivity contribution in [1.82, 2.24) is 9.47 Å². The molecular weight excluding hydrogens is 541 g/mol. The number of anilines is 1. The Labute approximate surface area is 234 Å². The van der Waals surface area contributed by atoms with Crippen molar-refractivity contribution in [2.24, 2.45) is 0 Å². The Morgan fingerprint density at radius 2 is 1.79 bits per heavy atom. The smallest absolute Gasteiger partial charge is 0.294 e. The molecule has 2 heterocycles. The van der Waals surface area contributed by atoms with Gasteiger partial charge < -0.3 is 9.88 Å². The van der Waals surface area contributed by atoms with Crippen LogP contribution >= 0.6 is 35.0 Å². The summed E-state index contributed by atoms with van der Waals surface area (Å²) in [6.45, 7) is 2.20. The summed E-state index contributed by atoms with van der Waals surface area (Å²) in [5.41, 5.74) is 4.41. The number of fused-ring (bicyclic) bond motifs is 1. The van der Waals surface area contributed by atoms with Crippen LogP contribution in [0.2, 0.25) is 10.0 Å². The number of carbonyl (C=O) groups is 3. The molecule has 4 aromatic rings. The first-order chi connectivity index (χ1) is 18.3. The summed E-state index contributed by atoms with van der Waals surface area (Å²) < 4.78 is 2.04. The van der Waals surface area contributed by atoms with Crippen molar-refractivity contribution in [3.05, 3.63) is 105 Å². The average molecular weight is 564 g/mol. The molecule has 0 atom stereocenters. The van der Waals surface area contributed by atoms with Crippen LogP contribution in [0.5, 0.6) is 0 Å². The van der Waals surface area contributed by atoms with Crippen LogP contribution in [-0.2, 0) is 22.6 Å². The zero-order valence-corrected chi connectivity index (χ0v) is 22.7. The minimum absolute atomic E-state index is 0.266. The highest BCUT2D eigenvalue weighted by atomic mass is 35.5. The number of hydrogen-bond donors (Lipinski definition) is 1. The van der Waals surface area contributed by atoms with Gasteiger partial charge >= 0.3 is 0 Å². The normalized spacial score (nSPS) is 14.6. The Morgan fingerprint density at radius 3 is 2.53 bits per heavy atom. The molecule has 0 bridgehead atoms. The van der Waals surface area contributed by atoms with E-state index in [1.54, 1.807) is 30.3 Å². The van der Waals surface area contributed by atoms with Gasteiger partial charge in [0.15, 0.2) is 0 Å². The Hall–Kier alpha value is -3.52. The number of aromatic nitrogens is 1. The van der Waals surface area contributed by atoms with E-state index in [0.717, 1.165) is 50.7 Å². The van der Waals surface area contributed by atoms with Gasteiger partial charge in [0.05, 0.1) is 4.91 Å². The molecule has 192 valence electrons. The van der Waals surface area contributed by atoms with Gasteiger partial charge in [0.25, 0.3) is 11.1 Å². The van der Waals surface area contributed by atoms with E-state index in [0.29, 0.717) is 22.3 Å². The number of benzene rings is 3. The molecule has 1 aliphatic heterocycles. The molecule has 5 rings (SSSR count). The van der Waals surface area contributed by atoms with Crippen LogP contribution in [0.1, 0.15) is 23.6 Å². The van der Waals surface area contributed by atoms with Crippen LogP contribution in [-0.4, -0.2) is 33.1 Å². The number of nitrogens with zero attached hydrogens (tertiary/aromatic N) is 2. The van der Waals surface area contributed by atoms with Crippen LogP contribution in [0.15, 0.2) is 77.8 Å². The van der Waals surface area contributed by atoms with Crippen LogP contribution in [0.25, 0.3) is 17.0 Å². The fraction of sp³-hybridized carbons (Fsp3) is 0.138. The number of hydrogen-bond acceptors (Lipinski definition) is 4. The Morgan fingerprint density at radius 1 is 1.03 bits per heavy atom. The van der Waals surface area contributed by atoms with Gasteiger partial charge in [-0.15, -0.1) is 0 Å². The van der Waals surface area contributed by atoms with Gasteiger partial charge in [-0.05, 0) is 65.7 Å². The third-order valence-electron chi connectivity index (χ3n) is 6.28. The number of aryl methyl sites for hydroxylation is 1. The van der Waals surface area contributed by atoms with Gasteiger partial charge in [-0.3, -0.25) is 19.3 Å². The van der Waals surface area contributed by atoms with Crippen LogP contribution in [0, 0.1) is 0 Å². The quantitative estimate of drug-likeness (QED) is 0.241. The lowest BCUT2D eigenvalue weighted by Crippen LogP contribution is -2.36. The molecule has 0 aliphatic carbocycles. The van der Waals surface area contributed by atoms with Crippen LogP contribution in [0.4, 0.5) is 10.5 Å². The van der Waals surface area contributed by atoms with E-state index in [1.807, 2.05) is 60.2 Å². The van der Waals surface area contributed by atoms with E-state index >= 15 is 0 Å². The summed E-state index contributed by atoms with van der Waals surface area (Å²) in [6, 6.07) is 20.6. The highest BCUT2D eigenvalue weighted by Gasteiger charge is 2.36. The molecule has 3 amide bonds. The topological polar surface area (TPSA) is 71.4 Å². The maximum Gasteiger partial charge on any atom is 0.294 e. The second kappa shape index (κ2) is 11.1. The van der Waals surface area contributed by atoms with E-state index in [4.69, 9.17) is 23.2 Å². The summed E-state index contributed by atoms with van der Waals surface area (Å²) >= 11 is 13.3. The van der Waals surface area contributed by atoms with Crippen molar-refractivity contribution in [2.45, 2.75) is 19.9 Å². The number of para-hydroxylation sites is 1. The van der Waals surface area contributed by atoms with E-state index in [9.17, 15) is 14.4 Å². The van der Waals surface area contributed by atoms with E-state index in [-0.39, 0.29) is 11.4 Å². The number of imide groups is 1. The minimum Gasteiger partial charge on any atom is -0.342 e. The van der Waals surface area contributed by atoms with Gasteiger partial charge in [0.1, 0.15) is 6.54 Å². The molecule has 1 N–H and O–H groups in total. The number of rotatable bonds is 7. The number of carbonyl (C=O) groups excluding carboxylic acids is 3. The summed E-state index contributed by atoms with van der Waals surface area (Å²) in [4.78, 5) is 39.6. The first-order valence-corrected chi connectivity index (χ1v) is 13.6. The molecule has 9 heteroatoms. The number of amides is 3. The Bertz CT molecular complexity index is 1590. The fourth-order valence-electron chi connectivity index (χ4n) is 4.30. The molecule has 0 saturated carbocycles. The van der Waals surface area contributed by atoms with Gasteiger partial charge in [-0.25, -0.2) is 0 Å². The zero-order chi connectivity index (χ0) is 26.8. The predicted molar refractivity (Wildman–Crippen MR) is 155 cm³/mol. The third kappa shape index (κ3) is 5.50. The second-order valence-electron chi connectivity index (χ2n) is 8.83. The lowest BCUT2D eigenvalue weighted by atomic mass is 10.1. The molecular formula is C29H23Cl2N3O3S. The lowest BCUT2D eigenvalue weighted by molar-refractivity contribution is -0.127. The molecule has 0 spiro atoms. The second-order valence-corrected chi connectivity index (χ2v) is 10.7. The zero-order valence-electron chi connectivity index (χ0n) is 20.4. The summed E-state index contributed by atoms with van der Waals surface area (Å²) in [6.07, 6.45) is 4.52. The summed E-state index contributed by atoms with van der Waals surface area (Å²) in [7, 11) is 0. The molecule has 6 nitrogen and oxygen atoms in total. The molecule has 1 fully saturated rings. The fourth-order valence-corrected chi connectivity index (χ4v) is 5.60. The number of nitrogens with one attached hydrogen (secondary N) is 1. The molecule has 1 aliphatic rings. The van der Waals surface area contributed by atoms with Gasteiger partial charge in [0.2, 0.25) is 5.91 Å². The maximum absolute atomic E-state index is 13.1. The highest BCUT2D eigenvalue weighted by molar-refractivity contribution is 8.18. The average Bonchev–Trinajstić information content (AvgIpc) is 3.38. The van der Waals surface area contributed by atoms with Crippen molar-refractivity contribution < 1.29 is 14.4 Å². The number of halogens is 2. The van der Waals surface area contributed by atoms with Gasteiger partial charge in [-0.1, -0.05) is 66.5 Å². The summed E-state index contributed by atoms with van der Waals surface area (Å²) in [5.74, 6) is -0.927. The molecule has 3 aromatic carbocycles. The number of thioether (sulfide) groups is 1. The largest absolute Gasteiger partial charge is 0.342 e.